The minimum atomic E-state index is -4.86. The zero-order valence-corrected chi connectivity index (χ0v) is 9.77. The van der Waals surface area contributed by atoms with E-state index in [0.717, 1.165) is 6.26 Å². The van der Waals surface area contributed by atoms with Crippen LogP contribution in [-0.4, -0.2) is 0 Å². The second-order valence-corrected chi connectivity index (χ2v) is 3.78. The number of ether oxygens (including phenoxy) is 1. The Morgan fingerprint density at radius 3 is 1.74 bits per heavy atom. The highest BCUT2D eigenvalue weighted by Gasteiger charge is 2.37. The molecule has 0 aliphatic heterocycles. The molecule has 19 heavy (non-hydrogen) atoms. The van der Waals surface area contributed by atoms with Gasteiger partial charge in [0.1, 0.15) is 6.10 Å². The van der Waals surface area contributed by atoms with E-state index in [9.17, 15) is 26.3 Å². The summed E-state index contributed by atoms with van der Waals surface area (Å²) in [5.74, 6) is 0. The molecule has 0 heterocycles. The van der Waals surface area contributed by atoms with Gasteiger partial charge in [0.2, 0.25) is 0 Å². The van der Waals surface area contributed by atoms with E-state index in [-0.39, 0.29) is 11.6 Å². The summed E-state index contributed by atoms with van der Waals surface area (Å²) in [6, 6.07) is 1.33. The van der Waals surface area contributed by atoms with Crippen LogP contribution in [0, 0.1) is 0 Å². The summed E-state index contributed by atoms with van der Waals surface area (Å²) in [7, 11) is 0. The molecule has 0 saturated heterocycles. The quantitative estimate of drug-likeness (QED) is 0.564. The van der Waals surface area contributed by atoms with Gasteiger partial charge >= 0.3 is 12.4 Å². The molecule has 1 rings (SSSR count). The highest BCUT2D eigenvalue weighted by atomic mass is 19.4. The van der Waals surface area contributed by atoms with E-state index in [2.05, 4.69) is 6.58 Å². The minimum absolute atomic E-state index is 0.0735. The lowest BCUT2D eigenvalue weighted by Crippen LogP contribution is -2.12. The van der Waals surface area contributed by atoms with E-state index >= 15 is 0 Å². The van der Waals surface area contributed by atoms with Gasteiger partial charge in [0, 0.05) is 0 Å². The molecule has 0 radical (unpaired) electrons. The molecule has 0 spiro atoms. The molecule has 0 saturated carbocycles. The van der Waals surface area contributed by atoms with Gasteiger partial charge in [-0.15, -0.1) is 0 Å². The van der Waals surface area contributed by atoms with Gasteiger partial charge in [-0.3, -0.25) is 0 Å². The van der Waals surface area contributed by atoms with Crippen molar-refractivity contribution in [3.63, 3.8) is 0 Å². The fourth-order valence-electron chi connectivity index (χ4n) is 1.44. The molecule has 106 valence electrons. The maximum absolute atomic E-state index is 12.6. The maximum Gasteiger partial charge on any atom is 0.416 e. The lowest BCUT2D eigenvalue weighted by molar-refractivity contribution is -0.143. The van der Waals surface area contributed by atoms with E-state index < -0.39 is 29.6 Å². The minimum Gasteiger partial charge on any atom is -0.494 e. The third-order valence-electron chi connectivity index (χ3n) is 2.38. The molecule has 1 unspecified atom stereocenters. The van der Waals surface area contributed by atoms with Crippen molar-refractivity contribution in [1.82, 2.24) is 0 Å². The Bertz CT molecular complexity index is 428. The smallest absolute Gasteiger partial charge is 0.416 e. The van der Waals surface area contributed by atoms with Crippen LogP contribution in [0.1, 0.15) is 29.7 Å². The molecule has 0 aromatic heterocycles. The molecule has 1 nitrogen and oxygen atoms in total. The second-order valence-electron chi connectivity index (χ2n) is 3.78. The van der Waals surface area contributed by atoms with E-state index in [1.807, 2.05) is 0 Å². The topological polar surface area (TPSA) is 9.23 Å². The molecule has 1 atom stereocenters. The van der Waals surface area contributed by atoms with Gasteiger partial charge in [0.05, 0.1) is 17.4 Å². The molecule has 1 aromatic rings. The summed E-state index contributed by atoms with van der Waals surface area (Å²) in [6.45, 7) is 4.53. The molecule has 0 fully saturated rings. The van der Waals surface area contributed by atoms with Crippen LogP contribution in [0.15, 0.2) is 31.0 Å². The van der Waals surface area contributed by atoms with Gasteiger partial charge in [-0.2, -0.15) is 26.3 Å². The largest absolute Gasteiger partial charge is 0.494 e. The van der Waals surface area contributed by atoms with Crippen molar-refractivity contribution in [2.45, 2.75) is 25.4 Å². The van der Waals surface area contributed by atoms with Crippen LogP contribution >= 0.6 is 0 Å². The van der Waals surface area contributed by atoms with Gasteiger partial charge in [0.15, 0.2) is 0 Å². The first kappa shape index (κ1) is 15.4. The number of hydrogen-bond acceptors (Lipinski definition) is 1. The van der Waals surface area contributed by atoms with E-state index in [0.29, 0.717) is 12.1 Å². The SMILES string of the molecule is C=COC(C)c1cc(C(F)(F)F)cc(C(F)(F)F)c1. The van der Waals surface area contributed by atoms with Crippen LogP contribution in [-0.2, 0) is 17.1 Å². The normalized spacial score (nSPS) is 14.1. The molecule has 0 bridgehead atoms. The first-order valence-electron chi connectivity index (χ1n) is 5.11. The van der Waals surface area contributed by atoms with Gasteiger partial charge < -0.3 is 4.74 Å². The Balaban J connectivity index is 3.36. The monoisotopic (exact) mass is 284 g/mol. The molecular formula is C12H10F6O. The number of halogens is 6. The Morgan fingerprint density at radius 2 is 1.42 bits per heavy atom. The van der Waals surface area contributed by atoms with E-state index in [1.165, 1.54) is 6.92 Å². The highest BCUT2D eigenvalue weighted by molar-refractivity contribution is 5.34. The van der Waals surface area contributed by atoms with Crippen molar-refractivity contribution < 1.29 is 31.1 Å². The molecule has 0 aliphatic carbocycles. The van der Waals surface area contributed by atoms with Gasteiger partial charge in [0.25, 0.3) is 0 Å². The van der Waals surface area contributed by atoms with Crippen molar-refractivity contribution in [1.29, 1.82) is 0 Å². The number of hydrogen-bond donors (Lipinski definition) is 0. The predicted octanol–water partition coefficient (Wildman–Crippen LogP) is 4.95. The van der Waals surface area contributed by atoms with Gasteiger partial charge in [-0.1, -0.05) is 6.58 Å². The number of rotatable bonds is 3. The van der Waals surface area contributed by atoms with E-state index in [4.69, 9.17) is 4.74 Å². The molecule has 0 aliphatic rings. The summed E-state index contributed by atoms with van der Waals surface area (Å²) in [6.07, 6.45) is -9.72. The molecule has 0 amide bonds. The fraction of sp³-hybridized carbons (Fsp3) is 0.333. The third kappa shape index (κ3) is 3.90. The average molecular weight is 284 g/mol. The van der Waals surface area contributed by atoms with Crippen molar-refractivity contribution >= 4 is 0 Å². The molecule has 7 heteroatoms. The Labute approximate surface area is 105 Å². The van der Waals surface area contributed by atoms with Crippen LogP contribution in [0.2, 0.25) is 0 Å². The number of benzene rings is 1. The lowest BCUT2D eigenvalue weighted by atomic mass is 10.0. The zero-order valence-electron chi connectivity index (χ0n) is 9.77. The van der Waals surface area contributed by atoms with Crippen LogP contribution in [0.25, 0.3) is 0 Å². The maximum atomic E-state index is 12.6. The molecule has 1 aromatic carbocycles. The number of alkyl halides is 6. The average Bonchev–Trinajstić information content (AvgIpc) is 2.26. The Kier molecular flexibility index (Phi) is 4.17. The first-order chi connectivity index (χ1) is 8.55. The summed E-state index contributed by atoms with van der Waals surface area (Å²) < 4.78 is 80.1. The van der Waals surface area contributed by atoms with Crippen LogP contribution in [0.4, 0.5) is 26.3 Å². The standard InChI is InChI=1S/C12H10F6O/c1-3-19-7(2)8-4-9(11(13,14)15)6-10(5-8)12(16,17)18/h3-7H,1H2,2H3. The lowest BCUT2D eigenvalue weighted by Gasteiger charge is -2.17. The van der Waals surface area contributed by atoms with E-state index in [1.54, 1.807) is 0 Å². The Hall–Kier alpha value is -1.66. The summed E-state index contributed by atoms with van der Waals surface area (Å²) in [4.78, 5) is 0. The summed E-state index contributed by atoms with van der Waals surface area (Å²) in [5, 5.41) is 0. The first-order valence-corrected chi connectivity index (χ1v) is 5.11. The molecule has 0 N–H and O–H groups in total. The van der Waals surface area contributed by atoms with Crippen molar-refractivity contribution in [2.75, 3.05) is 0 Å². The highest BCUT2D eigenvalue weighted by Crippen LogP contribution is 2.37. The van der Waals surface area contributed by atoms with Crippen molar-refractivity contribution in [3.05, 3.63) is 47.7 Å². The molecular weight excluding hydrogens is 274 g/mol. The fourth-order valence-corrected chi connectivity index (χ4v) is 1.44. The van der Waals surface area contributed by atoms with Gasteiger partial charge in [-0.05, 0) is 30.7 Å². The third-order valence-corrected chi connectivity index (χ3v) is 2.38. The van der Waals surface area contributed by atoms with Crippen molar-refractivity contribution in [3.8, 4) is 0 Å². The zero-order chi connectivity index (χ0) is 14.8. The second kappa shape index (κ2) is 5.14. The predicted molar refractivity (Wildman–Crippen MR) is 56.1 cm³/mol. The summed E-state index contributed by atoms with van der Waals surface area (Å²) >= 11 is 0. The van der Waals surface area contributed by atoms with Crippen LogP contribution < -0.4 is 0 Å². The Morgan fingerprint density at radius 1 is 1.00 bits per heavy atom. The van der Waals surface area contributed by atoms with Crippen LogP contribution in [0.5, 0.6) is 0 Å². The summed E-state index contributed by atoms with van der Waals surface area (Å²) in [5.41, 5.74) is -2.95. The van der Waals surface area contributed by atoms with Crippen molar-refractivity contribution in [2.24, 2.45) is 0 Å². The van der Waals surface area contributed by atoms with Gasteiger partial charge in [-0.25, -0.2) is 0 Å². The van der Waals surface area contributed by atoms with Crippen LogP contribution in [0.3, 0.4) is 0 Å².